The van der Waals surface area contributed by atoms with E-state index >= 15 is 0 Å². The van der Waals surface area contributed by atoms with Crippen molar-refractivity contribution in [2.45, 2.75) is 103 Å². The number of hydrogen-bond donors (Lipinski definition) is 1. The normalized spacial score (nSPS) is 16.1. The fourth-order valence-corrected chi connectivity index (χ4v) is 5.86. The van der Waals surface area contributed by atoms with Crippen molar-refractivity contribution in [2.24, 2.45) is 0 Å². The highest BCUT2D eigenvalue weighted by atomic mass is 16.5. The van der Waals surface area contributed by atoms with E-state index in [-0.39, 0.29) is 11.3 Å². The van der Waals surface area contributed by atoms with Gasteiger partial charge in [-0.3, -0.25) is 9.59 Å². The summed E-state index contributed by atoms with van der Waals surface area (Å²) in [6, 6.07) is 11.4. The number of amides is 1. The maximum atomic E-state index is 13.4. The quantitative estimate of drug-likeness (QED) is 0.0716. The van der Waals surface area contributed by atoms with E-state index in [2.05, 4.69) is 6.92 Å². The second-order valence-electron chi connectivity index (χ2n) is 11.4. The Labute approximate surface area is 258 Å². The topological polar surface area (TPSA) is 85.3 Å². The van der Waals surface area contributed by atoms with Gasteiger partial charge in [-0.2, -0.15) is 0 Å². The maximum absolute atomic E-state index is 13.4. The van der Waals surface area contributed by atoms with E-state index in [9.17, 15) is 14.7 Å². The first-order valence-electron chi connectivity index (χ1n) is 16.1. The molecule has 43 heavy (non-hydrogen) atoms. The molecule has 1 unspecified atom stereocenters. The third-order valence-electron chi connectivity index (χ3n) is 8.38. The van der Waals surface area contributed by atoms with E-state index in [1.165, 1.54) is 70.6 Å². The van der Waals surface area contributed by atoms with Crippen LogP contribution in [0.3, 0.4) is 0 Å². The summed E-state index contributed by atoms with van der Waals surface area (Å²) in [5, 5.41) is 11.3. The fraction of sp³-hybridized carbons (Fsp3) is 0.556. The van der Waals surface area contributed by atoms with Crippen molar-refractivity contribution in [1.82, 2.24) is 4.90 Å². The van der Waals surface area contributed by atoms with E-state index in [4.69, 9.17) is 14.2 Å². The number of aliphatic hydroxyl groups excluding tert-OH is 1. The number of aliphatic hydroxyl groups is 1. The lowest BCUT2D eigenvalue weighted by molar-refractivity contribution is -0.139. The minimum Gasteiger partial charge on any atom is -0.507 e. The number of benzene rings is 2. The highest BCUT2D eigenvalue weighted by Crippen LogP contribution is 2.42. The van der Waals surface area contributed by atoms with Crippen molar-refractivity contribution in [3.63, 3.8) is 0 Å². The number of carbonyl (C=O) groups excluding carboxylic acids is 2. The smallest absolute Gasteiger partial charge is 0.295 e. The van der Waals surface area contributed by atoms with Gasteiger partial charge in [-0.05, 0) is 48.4 Å². The molecule has 0 aliphatic carbocycles. The molecule has 1 fully saturated rings. The number of carbonyl (C=O) groups is 2. The number of nitrogens with zero attached hydrogens (tertiary/aromatic N) is 1. The molecule has 0 spiro atoms. The predicted molar refractivity (Wildman–Crippen MR) is 172 cm³/mol. The van der Waals surface area contributed by atoms with Gasteiger partial charge in [0.2, 0.25) is 0 Å². The van der Waals surface area contributed by atoms with Crippen molar-refractivity contribution in [3.8, 4) is 17.2 Å². The SMILES string of the molecule is CCCCCCCCCCCCCCCCN1C(=O)C(=O)C(=C(O)c2ccc(OC)cc2)C1c1ccc(OC)c(OC)c1. The molecule has 1 aliphatic heterocycles. The summed E-state index contributed by atoms with van der Waals surface area (Å²) in [4.78, 5) is 28.3. The lowest BCUT2D eigenvalue weighted by Gasteiger charge is -2.26. The number of likely N-dealkylation sites (tertiary alicyclic amines) is 1. The standard InChI is InChI=1S/C36H51NO6/c1-5-6-7-8-9-10-11-12-13-14-15-16-17-18-25-37-33(28-21-24-30(42-3)31(26-28)43-4)32(35(39)36(37)40)34(38)27-19-22-29(41-2)23-20-27/h19-24,26,33,38H,5-18,25H2,1-4H3. The molecule has 236 valence electrons. The Morgan fingerprint density at radius 2 is 1.23 bits per heavy atom. The lowest BCUT2D eigenvalue weighted by Crippen LogP contribution is -2.30. The van der Waals surface area contributed by atoms with Crippen LogP contribution >= 0.6 is 0 Å². The number of rotatable bonds is 20. The minimum atomic E-state index is -0.733. The van der Waals surface area contributed by atoms with E-state index in [0.29, 0.717) is 34.9 Å². The second-order valence-corrected chi connectivity index (χ2v) is 11.4. The fourth-order valence-electron chi connectivity index (χ4n) is 5.86. The molecule has 1 aliphatic rings. The molecule has 0 saturated carbocycles. The third kappa shape index (κ3) is 9.50. The first-order valence-corrected chi connectivity index (χ1v) is 16.1. The summed E-state index contributed by atoms with van der Waals surface area (Å²) < 4.78 is 16.1. The van der Waals surface area contributed by atoms with Crippen LogP contribution in [0, 0.1) is 0 Å². The van der Waals surface area contributed by atoms with Crippen molar-refractivity contribution in [3.05, 3.63) is 59.2 Å². The van der Waals surface area contributed by atoms with Gasteiger partial charge in [0.25, 0.3) is 11.7 Å². The zero-order valence-corrected chi connectivity index (χ0v) is 26.7. The van der Waals surface area contributed by atoms with Gasteiger partial charge in [-0.15, -0.1) is 0 Å². The van der Waals surface area contributed by atoms with Crippen molar-refractivity contribution in [1.29, 1.82) is 0 Å². The molecular formula is C36H51NO6. The zero-order chi connectivity index (χ0) is 31.0. The number of unbranched alkanes of at least 4 members (excludes halogenated alkanes) is 13. The number of methoxy groups -OCH3 is 3. The first kappa shape index (κ1) is 34.0. The van der Waals surface area contributed by atoms with Gasteiger partial charge < -0.3 is 24.2 Å². The molecule has 0 radical (unpaired) electrons. The van der Waals surface area contributed by atoms with Gasteiger partial charge in [0.1, 0.15) is 11.5 Å². The summed E-state index contributed by atoms with van der Waals surface area (Å²) in [5.74, 6) is 0.190. The Balaban J connectivity index is 1.63. The summed E-state index contributed by atoms with van der Waals surface area (Å²) in [6.07, 6.45) is 17.4. The van der Waals surface area contributed by atoms with E-state index < -0.39 is 17.7 Å². The predicted octanol–water partition coefficient (Wildman–Crippen LogP) is 8.62. The Kier molecular flexibility index (Phi) is 14.4. The molecule has 1 amide bonds. The molecular weight excluding hydrogens is 542 g/mol. The van der Waals surface area contributed by atoms with Gasteiger partial charge in [0.05, 0.1) is 32.9 Å². The molecule has 7 nitrogen and oxygen atoms in total. The van der Waals surface area contributed by atoms with Gasteiger partial charge in [0.15, 0.2) is 11.5 Å². The molecule has 1 heterocycles. The average molecular weight is 594 g/mol. The molecule has 1 N–H and O–H groups in total. The minimum absolute atomic E-state index is 0.0766. The Morgan fingerprint density at radius 1 is 0.698 bits per heavy atom. The highest BCUT2D eigenvalue weighted by Gasteiger charge is 2.46. The van der Waals surface area contributed by atoms with Crippen molar-refractivity contribution < 1.29 is 28.9 Å². The summed E-state index contributed by atoms with van der Waals surface area (Å²) in [5.41, 5.74) is 1.20. The number of ether oxygens (including phenoxy) is 3. The number of hydrogen-bond acceptors (Lipinski definition) is 6. The van der Waals surface area contributed by atoms with Crippen molar-refractivity contribution >= 4 is 17.4 Å². The van der Waals surface area contributed by atoms with Gasteiger partial charge in [-0.25, -0.2) is 0 Å². The van der Waals surface area contributed by atoms with Crippen molar-refractivity contribution in [2.75, 3.05) is 27.9 Å². The molecule has 2 aromatic carbocycles. The van der Waals surface area contributed by atoms with E-state index in [0.717, 1.165) is 19.3 Å². The first-order chi connectivity index (χ1) is 21.0. The van der Waals surface area contributed by atoms with Crippen LogP contribution in [-0.4, -0.2) is 49.6 Å². The van der Waals surface area contributed by atoms with Crippen LogP contribution in [0.2, 0.25) is 0 Å². The number of ketones is 1. The van der Waals surface area contributed by atoms with Crippen LogP contribution in [0.5, 0.6) is 17.2 Å². The van der Waals surface area contributed by atoms with Crippen LogP contribution < -0.4 is 14.2 Å². The molecule has 2 aromatic rings. The molecule has 3 rings (SSSR count). The molecule has 7 heteroatoms. The molecule has 1 atom stereocenters. The Hall–Kier alpha value is -3.48. The van der Waals surface area contributed by atoms with Crippen LogP contribution in [0.25, 0.3) is 5.76 Å². The van der Waals surface area contributed by atoms with Crippen LogP contribution in [-0.2, 0) is 9.59 Å². The van der Waals surface area contributed by atoms with Gasteiger partial charge in [0, 0.05) is 12.1 Å². The highest BCUT2D eigenvalue weighted by molar-refractivity contribution is 6.46. The Bertz CT molecular complexity index is 1190. The molecule has 0 aromatic heterocycles. The largest absolute Gasteiger partial charge is 0.507 e. The average Bonchev–Trinajstić information content (AvgIpc) is 3.29. The maximum Gasteiger partial charge on any atom is 0.295 e. The van der Waals surface area contributed by atoms with Gasteiger partial charge >= 0.3 is 0 Å². The lowest BCUT2D eigenvalue weighted by atomic mass is 9.94. The second kappa shape index (κ2) is 18.2. The number of Topliss-reactive ketones (excluding diaryl/α,β-unsaturated/α-hetero) is 1. The van der Waals surface area contributed by atoms with Crippen LogP contribution in [0.1, 0.15) is 114 Å². The summed E-state index contributed by atoms with van der Waals surface area (Å²) in [6.45, 7) is 2.69. The van der Waals surface area contributed by atoms with E-state index in [1.54, 1.807) is 62.6 Å². The molecule has 0 bridgehead atoms. The monoisotopic (exact) mass is 593 g/mol. The summed E-state index contributed by atoms with van der Waals surface area (Å²) >= 11 is 0. The Morgan fingerprint density at radius 3 is 1.74 bits per heavy atom. The van der Waals surface area contributed by atoms with Gasteiger partial charge in [-0.1, -0.05) is 96.5 Å². The van der Waals surface area contributed by atoms with Crippen LogP contribution in [0.15, 0.2) is 48.0 Å². The summed E-state index contributed by atoms with van der Waals surface area (Å²) in [7, 11) is 4.67. The van der Waals surface area contributed by atoms with Crippen LogP contribution in [0.4, 0.5) is 0 Å². The van der Waals surface area contributed by atoms with E-state index in [1.807, 2.05) is 6.07 Å². The zero-order valence-electron chi connectivity index (χ0n) is 26.7. The molecule has 1 saturated heterocycles. The third-order valence-corrected chi connectivity index (χ3v) is 8.38.